The lowest BCUT2D eigenvalue weighted by atomic mass is 10.2. The molecule has 0 aromatic heterocycles. The average molecular weight is 399 g/mol. The van der Waals surface area contributed by atoms with Crippen LogP contribution >= 0.6 is 39.9 Å². The van der Waals surface area contributed by atoms with Crippen LogP contribution in [0.4, 0.5) is 0 Å². The van der Waals surface area contributed by atoms with Crippen molar-refractivity contribution in [2.24, 2.45) is 0 Å². The standard InChI is InChI=1S/C15H15BrN2O2S2/c16-12-3-1-11(2-4-12)9-13-14(19)18(15(21)22-13)10-17-5-7-20-8-6-17/h1-4,9H,5-8,10H2/b13-9-. The smallest absolute Gasteiger partial charge is 0.267 e. The second kappa shape index (κ2) is 7.23. The lowest BCUT2D eigenvalue weighted by molar-refractivity contribution is -0.124. The van der Waals surface area contributed by atoms with Gasteiger partial charge in [0, 0.05) is 17.6 Å². The van der Waals surface area contributed by atoms with E-state index in [2.05, 4.69) is 20.8 Å². The van der Waals surface area contributed by atoms with Gasteiger partial charge in [-0.05, 0) is 23.8 Å². The van der Waals surface area contributed by atoms with Crippen molar-refractivity contribution in [2.75, 3.05) is 33.0 Å². The van der Waals surface area contributed by atoms with Crippen LogP contribution in [0.1, 0.15) is 5.56 Å². The molecule has 3 rings (SSSR count). The minimum atomic E-state index is -0.00981. The van der Waals surface area contributed by atoms with Crippen LogP contribution in [-0.4, -0.2) is 53.0 Å². The van der Waals surface area contributed by atoms with E-state index in [9.17, 15) is 4.79 Å². The van der Waals surface area contributed by atoms with Gasteiger partial charge in [0.2, 0.25) is 0 Å². The highest BCUT2D eigenvalue weighted by Crippen LogP contribution is 2.32. The maximum Gasteiger partial charge on any atom is 0.267 e. The van der Waals surface area contributed by atoms with Crippen LogP contribution in [0, 0.1) is 0 Å². The van der Waals surface area contributed by atoms with Gasteiger partial charge in [0.1, 0.15) is 4.32 Å². The van der Waals surface area contributed by atoms with Gasteiger partial charge in [-0.2, -0.15) is 0 Å². The van der Waals surface area contributed by atoms with Crippen LogP contribution in [0.5, 0.6) is 0 Å². The lowest BCUT2D eigenvalue weighted by Gasteiger charge is -2.29. The van der Waals surface area contributed by atoms with Crippen molar-refractivity contribution in [3.63, 3.8) is 0 Å². The second-order valence-electron chi connectivity index (χ2n) is 5.03. The molecule has 0 unspecified atom stereocenters. The van der Waals surface area contributed by atoms with Crippen molar-refractivity contribution in [3.8, 4) is 0 Å². The van der Waals surface area contributed by atoms with Crippen molar-refractivity contribution >= 4 is 56.2 Å². The van der Waals surface area contributed by atoms with Crippen LogP contribution in [0.25, 0.3) is 6.08 Å². The molecule has 0 N–H and O–H groups in total. The van der Waals surface area contributed by atoms with Crippen LogP contribution in [-0.2, 0) is 9.53 Å². The van der Waals surface area contributed by atoms with Gasteiger partial charge in [-0.25, -0.2) is 0 Å². The first-order chi connectivity index (χ1) is 10.6. The third-order valence-corrected chi connectivity index (χ3v) is 5.39. The molecule has 0 radical (unpaired) electrons. The van der Waals surface area contributed by atoms with Gasteiger partial charge in [-0.3, -0.25) is 14.6 Å². The summed E-state index contributed by atoms with van der Waals surface area (Å²) in [6, 6.07) is 7.86. The summed E-state index contributed by atoms with van der Waals surface area (Å²) in [5, 5.41) is 0. The highest BCUT2D eigenvalue weighted by Gasteiger charge is 2.33. The maximum absolute atomic E-state index is 12.5. The van der Waals surface area contributed by atoms with E-state index >= 15 is 0 Å². The Hall–Kier alpha value is -0.730. The first-order valence-electron chi connectivity index (χ1n) is 6.94. The Balaban J connectivity index is 1.71. The minimum Gasteiger partial charge on any atom is -0.379 e. The fourth-order valence-electron chi connectivity index (χ4n) is 2.27. The largest absolute Gasteiger partial charge is 0.379 e. The molecule has 0 spiro atoms. The maximum atomic E-state index is 12.5. The number of benzene rings is 1. The Labute approximate surface area is 147 Å². The molecule has 116 valence electrons. The number of amides is 1. The van der Waals surface area contributed by atoms with E-state index in [1.54, 1.807) is 4.90 Å². The third kappa shape index (κ3) is 3.78. The van der Waals surface area contributed by atoms with E-state index in [0.717, 1.165) is 23.1 Å². The summed E-state index contributed by atoms with van der Waals surface area (Å²) in [4.78, 5) is 17.1. The molecule has 2 heterocycles. The Kier molecular flexibility index (Phi) is 5.30. The Morgan fingerprint density at radius 3 is 2.64 bits per heavy atom. The number of halogens is 1. The van der Waals surface area contributed by atoms with Gasteiger partial charge >= 0.3 is 0 Å². The zero-order valence-corrected chi connectivity index (χ0v) is 15.0. The number of ether oxygens (including phenoxy) is 1. The van der Waals surface area contributed by atoms with Crippen molar-refractivity contribution in [2.45, 2.75) is 0 Å². The van der Waals surface area contributed by atoms with Gasteiger partial charge in [0.25, 0.3) is 5.91 Å². The summed E-state index contributed by atoms with van der Waals surface area (Å²) >= 11 is 10.1. The number of hydrogen-bond donors (Lipinski definition) is 0. The number of morpholine rings is 1. The van der Waals surface area contributed by atoms with Gasteiger partial charge in [0.15, 0.2) is 0 Å². The number of hydrogen-bond acceptors (Lipinski definition) is 5. The first kappa shape index (κ1) is 16.1. The van der Waals surface area contributed by atoms with E-state index in [-0.39, 0.29) is 5.91 Å². The van der Waals surface area contributed by atoms with E-state index in [4.69, 9.17) is 17.0 Å². The fraction of sp³-hybridized carbons (Fsp3) is 0.333. The minimum absolute atomic E-state index is 0.00981. The Morgan fingerprint density at radius 1 is 1.27 bits per heavy atom. The normalized spacial score (nSPS) is 21.9. The molecular formula is C15H15BrN2O2S2. The number of nitrogens with zero attached hydrogens (tertiary/aromatic N) is 2. The summed E-state index contributed by atoms with van der Waals surface area (Å²) in [6.07, 6.45) is 1.89. The summed E-state index contributed by atoms with van der Waals surface area (Å²) in [7, 11) is 0. The highest BCUT2D eigenvalue weighted by atomic mass is 79.9. The molecule has 4 nitrogen and oxygen atoms in total. The molecule has 1 aromatic carbocycles. The molecule has 2 fully saturated rings. The Bertz CT molecular complexity index is 612. The summed E-state index contributed by atoms with van der Waals surface area (Å²) in [5.41, 5.74) is 0.995. The fourth-order valence-corrected chi connectivity index (χ4v) is 3.78. The predicted octanol–water partition coefficient (Wildman–Crippen LogP) is 2.94. The number of rotatable bonds is 3. The van der Waals surface area contributed by atoms with Crippen LogP contribution in [0.3, 0.4) is 0 Å². The molecule has 2 saturated heterocycles. The van der Waals surface area contributed by atoms with Crippen molar-refractivity contribution in [3.05, 3.63) is 39.2 Å². The molecule has 2 aliphatic heterocycles. The molecule has 1 aromatic rings. The molecule has 0 bridgehead atoms. The number of thiocarbonyl (C=S) groups is 1. The van der Waals surface area contributed by atoms with E-state index in [1.807, 2.05) is 30.3 Å². The topological polar surface area (TPSA) is 32.8 Å². The second-order valence-corrected chi connectivity index (χ2v) is 7.62. The van der Waals surface area contributed by atoms with Crippen LogP contribution < -0.4 is 0 Å². The van der Waals surface area contributed by atoms with E-state index in [1.165, 1.54) is 11.8 Å². The summed E-state index contributed by atoms with van der Waals surface area (Å²) in [5.74, 6) is -0.00981. The highest BCUT2D eigenvalue weighted by molar-refractivity contribution is 9.10. The Morgan fingerprint density at radius 2 is 1.95 bits per heavy atom. The predicted molar refractivity (Wildman–Crippen MR) is 96.4 cm³/mol. The molecule has 7 heteroatoms. The van der Waals surface area contributed by atoms with E-state index in [0.29, 0.717) is 29.1 Å². The van der Waals surface area contributed by atoms with Gasteiger partial charge in [-0.1, -0.05) is 52.0 Å². The molecule has 0 saturated carbocycles. The van der Waals surface area contributed by atoms with Crippen molar-refractivity contribution in [1.82, 2.24) is 9.80 Å². The number of carbonyl (C=O) groups excluding carboxylic acids is 1. The van der Waals surface area contributed by atoms with Crippen molar-refractivity contribution < 1.29 is 9.53 Å². The zero-order valence-electron chi connectivity index (χ0n) is 11.8. The monoisotopic (exact) mass is 398 g/mol. The molecule has 0 atom stereocenters. The number of carbonyl (C=O) groups is 1. The molecule has 22 heavy (non-hydrogen) atoms. The SMILES string of the molecule is O=C1/C(=C/c2ccc(Br)cc2)SC(=S)N1CN1CCOCC1. The third-order valence-electron chi connectivity index (χ3n) is 3.49. The van der Waals surface area contributed by atoms with Gasteiger partial charge < -0.3 is 4.74 Å². The van der Waals surface area contributed by atoms with Crippen LogP contribution in [0.15, 0.2) is 33.6 Å². The van der Waals surface area contributed by atoms with Gasteiger partial charge in [0.05, 0.1) is 24.8 Å². The molecule has 0 aliphatic carbocycles. The average Bonchev–Trinajstić information content (AvgIpc) is 2.78. The number of thioether (sulfide) groups is 1. The van der Waals surface area contributed by atoms with Crippen LogP contribution in [0.2, 0.25) is 0 Å². The quantitative estimate of drug-likeness (QED) is 0.577. The summed E-state index contributed by atoms with van der Waals surface area (Å²) < 4.78 is 6.97. The molecule has 2 aliphatic rings. The van der Waals surface area contributed by atoms with Crippen molar-refractivity contribution in [1.29, 1.82) is 0 Å². The molecular weight excluding hydrogens is 384 g/mol. The molecule has 1 amide bonds. The van der Waals surface area contributed by atoms with E-state index < -0.39 is 0 Å². The zero-order chi connectivity index (χ0) is 15.5. The first-order valence-corrected chi connectivity index (χ1v) is 8.96. The summed E-state index contributed by atoms with van der Waals surface area (Å²) in [6.45, 7) is 3.64. The van der Waals surface area contributed by atoms with Gasteiger partial charge in [-0.15, -0.1) is 0 Å². The lowest BCUT2D eigenvalue weighted by Crippen LogP contribution is -2.45.